The summed E-state index contributed by atoms with van der Waals surface area (Å²) in [5.74, 6) is -1.23. The lowest BCUT2D eigenvalue weighted by molar-refractivity contribution is -0.139. The molecule has 168 valence electrons. The fraction of sp³-hybridized carbons (Fsp3) is 0.400. The molecule has 32 heavy (non-hydrogen) atoms. The van der Waals surface area contributed by atoms with Gasteiger partial charge in [-0.3, -0.25) is 9.59 Å². The normalized spacial score (nSPS) is 15.4. The van der Waals surface area contributed by atoms with Gasteiger partial charge in [0, 0.05) is 19.0 Å². The van der Waals surface area contributed by atoms with Crippen molar-refractivity contribution in [2.45, 2.75) is 44.1 Å². The van der Waals surface area contributed by atoms with Crippen LogP contribution in [0.2, 0.25) is 0 Å². The highest BCUT2D eigenvalue weighted by atomic mass is 16.5. The van der Waals surface area contributed by atoms with Crippen LogP contribution in [-0.4, -0.2) is 53.2 Å². The molecule has 2 aromatic carbocycles. The number of carbonyl (C=O) groups excluding carboxylic acids is 2. The van der Waals surface area contributed by atoms with Crippen LogP contribution < -0.4 is 5.32 Å². The van der Waals surface area contributed by atoms with E-state index in [2.05, 4.69) is 29.6 Å². The Labute approximate surface area is 187 Å². The number of hydrogen-bond acceptors (Lipinski definition) is 4. The Balaban J connectivity index is 1.40. The van der Waals surface area contributed by atoms with Crippen LogP contribution in [-0.2, 0) is 14.3 Å². The highest BCUT2D eigenvalue weighted by molar-refractivity contribution is 5.93. The summed E-state index contributed by atoms with van der Waals surface area (Å²) in [6, 6.07) is 16.2. The summed E-state index contributed by atoms with van der Waals surface area (Å²) >= 11 is 0. The molecule has 2 amide bonds. The van der Waals surface area contributed by atoms with E-state index in [1.165, 1.54) is 4.90 Å². The second-order valence-electron chi connectivity index (χ2n) is 8.47. The number of nitrogens with one attached hydrogen (secondary N) is 1. The van der Waals surface area contributed by atoms with Gasteiger partial charge in [0.2, 0.25) is 5.91 Å². The molecule has 0 bridgehead atoms. The minimum Gasteiger partial charge on any atom is -0.481 e. The maximum atomic E-state index is 13.0. The Morgan fingerprint density at radius 1 is 1.03 bits per heavy atom. The summed E-state index contributed by atoms with van der Waals surface area (Å²) < 4.78 is 5.59. The van der Waals surface area contributed by atoms with Crippen molar-refractivity contribution in [3.05, 3.63) is 59.7 Å². The molecule has 0 heterocycles. The monoisotopic (exact) mass is 436 g/mol. The number of benzene rings is 2. The molecule has 2 aliphatic carbocycles. The van der Waals surface area contributed by atoms with Crippen molar-refractivity contribution < 1.29 is 24.2 Å². The zero-order valence-electron chi connectivity index (χ0n) is 18.2. The minimum atomic E-state index is -0.976. The molecule has 2 aromatic rings. The van der Waals surface area contributed by atoms with Crippen LogP contribution in [0.5, 0.6) is 0 Å². The van der Waals surface area contributed by atoms with E-state index in [0.717, 1.165) is 22.3 Å². The standard InChI is InChI=1S/C25H28N2O5/c1-2-14-27(15-11-22(28)29)23(30)25(12-13-25)26-24(31)32-16-21-19-9-5-3-7-17(19)18-8-4-6-10-20(18)21/h3-10,21H,2,11-16H2,1H3,(H,26,31)(H,28,29). The average molecular weight is 437 g/mol. The van der Waals surface area contributed by atoms with Gasteiger partial charge in [0.05, 0.1) is 6.42 Å². The number of hydrogen-bond donors (Lipinski definition) is 2. The van der Waals surface area contributed by atoms with E-state index < -0.39 is 17.6 Å². The number of rotatable bonds is 9. The van der Waals surface area contributed by atoms with E-state index in [1.807, 2.05) is 31.2 Å². The van der Waals surface area contributed by atoms with E-state index in [-0.39, 0.29) is 31.4 Å². The van der Waals surface area contributed by atoms with Crippen LogP contribution >= 0.6 is 0 Å². The molecule has 0 radical (unpaired) electrons. The number of fused-ring (bicyclic) bond motifs is 3. The van der Waals surface area contributed by atoms with Gasteiger partial charge in [0.25, 0.3) is 0 Å². The lowest BCUT2D eigenvalue weighted by Gasteiger charge is -2.27. The van der Waals surface area contributed by atoms with Crippen molar-refractivity contribution in [1.82, 2.24) is 10.2 Å². The third kappa shape index (κ3) is 4.33. The number of carbonyl (C=O) groups is 3. The van der Waals surface area contributed by atoms with Crippen LogP contribution in [0.4, 0.5) is 4.79 Å². The Morgan fingerprint density at radius 2 is 1.62 bits per heavy atom. The molecular weight excluding hydrogens is 408 g/mol. The number of nitrogens with zero attached hydrogens (tertiary/aromatic N) is 1. The molecule has 4 rings (SSSR count). The summed E-state index contributed by atoms with van der Waals surface area (Å²) in [5.41, 5.74) is 3.58. The summed E-state index contributed by atoms with van der Waals surface area (Å²) in [6.45, 7) is 2.71. The quantitative estimate of drug-likeness (QED) is 0.624. The van der Waals surface area contributed by atoms with Crippen molar-refractivity contribution in [1.29, 1.82) is 0 Å². The molecule has 2 N–H and O–H groups in total. The first kappa shape index (κ1) is 21.9. The van der Waals surface area contributed by atoms with Gasteiger partial charge in [-0.2, -0.15) is 0 Å². The maximum Gasteiger partial charge on any atom is 0.408 e. The number of ether oxygens (including phenoxy) is 1. The molecule has 0 spiro atoms. The topological polar surface area (TPSA) is 95.9 Å². The molecular formula is C25H28N2O5. The molecule has 7 heteroatoms. The van der Waals surface area contributed by atoms with Gasteiger partial charge in [-0.25, -0.2) is 4.79 Å². The smallest absolute Gasteiger partial charge is 0.408 e. The van der Waals surface area contributed by atoms with Crippen molar-refractivity contribution in [2.75, 3.05) is 19.7 Å². The van der Waals surface area contributed by atoms with Gasteiger partial charge in [-0.05, 0) is 41.5 Å². The molecule has 2 aliphatic rings. The van der Waals surface area contributed by atoms with E-state index in [0.29, 0.717) is 25.8 Å². The number of amides is 2. The molecule has 0 atom stereocenters. The largest absolute Gasteiger partial charge is 0.481 e. The van der Waals surface area contributed by atoms with Crippen LogP contribution in [0.1, 0.15) is 49.7 Å². The highest BCUT2D eigenvalue weighted by Crippen LogP contribution is 2.44. The van der Waals surface area contributed by atoms with E-state index in [4.69, 9.17) is 9.84 Å². The summed E-state index contributed by atoms with van der Waals surface area (Å²) in [4.78, 5) is 38.1. The molecule has 1 saturated carbocycles. The second kappa shape index (κ2) is 9.02. The first-order valence-corrected chi connectivity index (χ1v) is 11.1. The fourth-order valence-electron chi connectivity index (χ4n) is 4.47. The van der Waals surface area contributed by atoms with Crippen LogP contribution in [0.25, 0.3) is 11.1 Å². The van der Waals surface area contributed by atoms with E-state index in [1.54, 1.807) is 0 Å². The number of carboxylic acids is 1. The predicted octanol–water partition coefficient (Wildman–Crippen LogP) is 3.77. The number of carboxylic acid groups (broad SMARTS) is 1. The van der Waals surface area contributed by atoms with Crippen LogP contribution in [0.15, 0.2) is 48.5 Å². The van der Waals surface area contributed by atoms with Gasteiger partial charge in [-0.15, -0.1) is 0 Å². The SMILES string of the molecule is CCCN(CCC(=O)O)C(=O)C1(NC(=O)OCC2c3ccccc3-c3ccccc32)CC1. The lowest BCUT2D eigenvalue weighted by atomic mass is 9.98. The first-order chi connectivity index (χ1) is 15.4. The Morgan fingerprint density at radius 3 is 2.16 bits per heavy atom. The fourth-order valence-corrected chi connectivity index (χ4v) is 4.47. The van der Waals surface area contributed by atoms with Crippen molar-refractivity contribution in [3.63, 3.8) is 0 Å². The zero-order valence-corrected chi connectivity index (χ0v) is 18.2. The number of alkyl carbamates (subject to hydrolysis) is 1. The third-order valence-corrected chi connectivity index (χ3v) is 6.22. The van der Waals surface area contributed by atoms with Crippen LogP contribution in [0.3, 0.4) is 0 Å². The van der Waals surface area contributed by atoms with E-state index in [9.17, 15) is 14.4 Å². The van der Waals surface area contributed by atoms with E-state index >= 15 is 0 Å². The first-order valence-electron chi connectivity index (χ1n) is 11.1. The number of aliphatic carboxylic acids is 1. The summed E-state index contributed by atoms with van der Waals surface area (Å²) in [5, 5.41) is 11.7. The second-order valence-corrected chi connectivity index (χ2v) is 8.47. The molecule has 0 aliphatic heterocycles. The van der Waals surface area contributed by atoms with Gasteiger partial charge in [0.1, 0.15) is 12.1 Å². The minimum absolute atomic E-state index is 0.0499. The van der Waals surface area contributed by atoms with Crippen molar-refractivity contribution in [3.8, 4) is 11.1 Å². The average Bonchev–Trinajstić information content (AvgIpc) is 3.50. The lowest BCUT2D eigenvalue weighted by Crippen LogP contribution is -2.51. The Hall–Kier alpha value is -3.35. The molecule has 7 nitrogen and oxygen atoms in total. The molecule has 0 unspecified atom stereocenters. The summed E-state index contributed by atoms with van der Waals surface area (Å²) in [7, 11) is 0. The molecule has 1 fully saturated rings. The van der Waals surface area contributed by atoms with Gasteiger partial charge < -0.3 is 20.1 Å². The van der Waals surface area contributed by atoms with Crippen molar-refractivity contribution >= 4 is 18.0 Å². The maximum absolute atomic E-state index is 13.0. The van der Waals surface area contributed by atoms with Gasteiger partial charge in [-0.1, -0.05) is 55.5 Å². The zero-order chi connectivity index (χ0) is 22.7. The Kier molecular flexibility index (Phi) is 6.17. The summed E-state index contributed by atoms with van der Waals surface area (Å²) in [6.07, 6.45) is 1.04. The van der Waals surface area contributed by atoms with Crippen molar-refractivity contribution in [2.24, 2.45) is 0 Å². The third-order valence-electron chi connectivity index (χ3n) is 6.22. The van der Waals surface area contributed by atoms with Crippen LogP contribution in [0, 0.1) is 0 Å². The Bertz CT molecular complexity index is 985. The molecule has 0 aromatic heterocycles. The molecule has 0 saturated heterocycles. The highest BCUT2D eigenvalue weighted by Gasteiger charge is 2.53. The van der Waals surface area contributed by atoms with Gasteiger partial charge in [0.15, 0.2) is 0 Å². The van der Waals surface area contributed by atoms with Gasteiger partial charge >= 0.3 is 12.1 Å². The predicted molar refractivity (Wildman–Crippen MR) is 119 cm³/mol.